The van der Waals surface area contributed by atoms with Gasteiger partial charge in [-0.15, -0.1) is 0 Å². The third kappa shape index (κ3) is 3.91. The molecule has 140 valence electrons. The van der Waals surface area contributed by atoms with Gasteiger partial charge >= 0.3 is 0 Å². The van der Waals surface area contributed by atoms with Crippen LogP contribution in [0, 0.1) is 0 Å². The number of likely N-dealkylation sites (N-methyl/N-ethyl adjacent to an activating group) is 1. The molecule has 2 aromatic carbocycles. The van der Waals surface area contributed by atoms with E-state index in [4.69, 9.17) is 4.42 Å². The lowest BCUT2D eigenvalue weighted by Crippen LogP contribution is -2.38. The van der Waals surface area contributed by atoms with Gasteiger partial charge in [-0.1, -0.05) is 42.5 Å². The first-order valence-corrected chi connectivity index (χ1v) is 9.70. The molecule has 0 radical (unpaired) electrons. The van der Waals surface area contributed by atoms with Gasteiger partial charge in [-0.2, -0.15) is 0 Å². The van der Waals surface area contributed by atoms with Gasteiger partial charge < -0.3 is 9.32 Å². The van der Waals surface area contributed by atoms with Gasteiger partial charge in [0.1, 0.15) is 5.58 Å². The van der Waals surface area contributed by atoms with E-state index >= 15 is 0 Å². The highest BCUT2D eigenvalue weighted by Crippen LogP contribution is 2.26. The second-order valence-electron chi connectivity index (χ2n) is 7.37. The second kappa shape index (κ2) is 7.97. The summed E-state index contributed by atoms with van der Waals surface area (Å²) in [5.41, 5.74) is 3.15. The zero-order valence-corrected chi connectivity index (χ0v) is 15.8. The minimum Gasteiger partial charge on any atom is -0.464 e. The second-order valence-corrected chi connectivity index (χ2v) is 7.37. The van der Waals surface area contributed by atoms with E-state index in [9.17, 15) is 4.79 Å². The fourth-order valence-electron chi connectivity index (χ4n) is 4.03. The highest BCUT2D eigenvalue weighted by Gasteiger charge is 2.26. The highest BCUT2D eigenvalue weighted by atomic mass is 16.3. The third-order valence-corrected chi connectivity index (χ3v) is 5.57. The van der Waals surface area contributed by atoms with Crippen molar-refractivity contribution < 1.29 is 9.21 Å². The van der Waals surface area contributed by atoms with E-state index < -0.39 is 0 Å². The Bertz CT molecular complexity index is 897. The zero-order chi connectivity index (χ0) is 18.6. The number of benzene rings is 2. The molecule has 1 aliphatic rings. The van der Waals surface area contributed by atoms with Crippen molar-refractivity contribution in [1.29, 1.82) is 0 Å². The van der Waals surface area contributed by atoms with Gasteiger partial charge in [-0.05, 0) is 49.2 Å². The van der Waals surface area contributed by atoms with E-state index in [1.807, 2.05) is 42.3 Å². The van der Waals surface area contributed by atoms with Crippen LogP contribution in [0.3, 0.4) is 0 Å². The van der Waals surface area contributed by atoms with Crippen LogP contribution in [0.5, 0.6) is 0 Å². The lowest BCUT2D eigenvalue weighted by Gasteiger charge is -2.32. The van der Waals surface area contributed by atoms with Crippen molar-refractivity contribution in [3.63, 3.8) is 0 Å². The molecule has 0 saturated carbocycles. The lowest BCUT2D eigenvalue weighted by atomic mass is 10.0. The van der Waals surface area contributed by atoms with E-state index in [1.165, 1.54) is 18.4 Å². The molecule has 4 rings (SSSR count). The smallest absolute Gasteiger partial charge is 0.226 e. The summed E-state index contributed by atoms with van der Waals surface area (Å²) in [5, 5.41) is 1.03. The number of carbonyl (C=O) groups is 1. The van der Waals surface area contributed by atoms with Crippen molar-refractivity contribution in [3.05, 3.63) is 72.0 Å². The molecule has 1 aromatic heterocycles. The quantitative estimate of drug-likeness (QED) is 0.657. The number of furan rings is 1. The van der Waals surface area contributed by atoms with Crippen LogP contribution in [-0.2, 0) is 11.2 Å². The van der Waals surface area contributed by atoms with Crippen molar-refractivity contribution in [2.75, 3.05) is 26.7 Å². The van der Waals surface area contributed by atoms with Crippen molar-refractivity contribution in [3.8, 4) is 0 Å². The van der Waals surface area contributed by atoms with E-state index in [-0.39, 0.29) is 11.9 Å². The normalized spacial score (nSPS) is 15.9. The van der Waals surface area contributed by atoms with Crippen molar-refractivity contribution in [1.82, 2.24) is 9.80 Å². The van der Waals surface area contributed by atoms with E-state index in [2.05, 4.69) is 29.2 Å². The molecular weight excluding hydrogens is 336 g/mol. The highest BCUT2D eigenvalue weighted by molar-refractivity contribution is 5.87. The van der Waals surface area contributed by atoms with E-state index in [1.54, 1.807) is 6.26 Å². The van der Waals surface area contributed by atoms with E-state index in [0.29, 0.717) is 13.0 Å². The summed E-state index contributed by atoms with van der Waals surface area (Å²) in [6.07, 6.45) is 4.56. The molecule has 27 heavy (non-hydrogen) atoms. The third-order valence-electron chi connectivity index (χ3n) is 5.57. The average molecular weight is 362 g/mol. The van der Waals surface area contributed by atoms with Gasteiger partial charge in [0.05, 0.1) is 18.7 Å². The Balaban J connectivity index is 1.49. The van der Waals surface area contributed by atoms with Crippen molar-refractivity contribution in [2.24, 2.45) is 0 Å². The minimum atomic E-state index is 0.142. The molecule has 2 heterocycles. The average Bonchev–Trinajstić information content (AvgIpc) is 3.38. The molecule has 0 aliphatic carbocycles. The summed E-state index contributed by atoms with van der Waals surface area (Å²) in [6.45, 7) is 2.93. The van der Waals surface area contributed by atoms with Gasteiger partial charge in [0.2, 0.25) is 5.91 Å². The van der Waals surface area contributed by atoms with Crippen molar-refractivity contribution >= 4 is 16.9 Å². The molecule has 4 nitrogen and oxygen atoms in total. The van der Waals surface area contributed by atoms with Gasteiger partial charge in [0.25, 0.3) is 0 Å². The van der Waals surface area contributed by atoms with Crippen LogP contribution < -0.4 is 0 Å². The fourth-order valence-corrected chi connectivity index (χ4v) is 4.03. The molecule has 4 heteroatoms. The van der Waals surface area contributed by atoms with Crippen LogP contribution >= 0.6 is 0 Å². The molecule has 1 aliphatic heterocycles. The van der Waals surface area contributed by atoms with E-state index in [0.717, 1.165) is 29.6 Å². The van der Waals surface area contributed by atoms with Crippen LogP contribution in [-0.4, -0.2) is 42.4 Å². The largest absolute Gasteiger partial charge is 0.464 e. The summed E-state index contributed by atoms with van der Waals surface area (Å²) in [6, 6.07) is 18.7. The SMILES string of the molecule is CN(CC(c1ccccc1)N1CCCC1)C(=O)Cc1cccc2occc12. The van der Waals surface area contributed by atoms with Gasteiger partial charge in [0.15, 0.2) is 0 Å². The molecule has 1 fully saturated rings. The summed E-state index contributed by atoms with van der Waals surface area (Å²) in [5.74, 6) is 0.142. The van der Waals surface area contributed by atoms with Crippen LogP contribution in [0.1, 0.15) is 30.0 Å². The summed E-state index contributed by atoms with van der Waals surface area (Å²) in [4.78, 5) is 17.3. The Hall–Kier alpha value is -2.59. The standard InChI is InChI=1S/C23H26N2O2/c1-24(23(26)16-19-10-7-11-22-20(19)12-15-27-22)17-21(25-13-5-6-14-25)18-8-3-2-4-9-18/h2-4,7-12,15,21H,5-6,13-14,16-17H2,1H3. The number of likely N-dealkylation sites (tertiary alicyclic amines) is 1. The van der Waals surface area contributed by atoms with Crippen molar-refractivity contribution in [2.45, 2.75) is 25.3 Å². The van der Waals surface area contributed by atoms with Crippen LogP contribution in [0.2, 0.25) is 0 Å². The summed E-state index contributed by atoms with van der Waals surface area (Å²) >= 11 is 0. The van der Waals surface area contributed by atoms with Gasteiger partial charge in [-0.25, -0.2) is 0 Å². The summed E-state index contributed by atoms with van der Waals surface area (Å²) < 4.78 is 5.46. The molecule has 1 amide bonds. The Kier molecular flexibility index (Phi) is 5.26. The summed E-state index contributed by atoms with van der Waals surface area (Å²) in [7, 11) is 1.92. The maximum absolute atomic E-state index is 12.9. The predicted molar refractivity (Wildman–Crippen MR) is 108 cm³/mol. The molecule has 1 unspecified atom stereocenters. The maximum atomic E-state index is 12.9. The maximum Gasteiger partial charge on any atom is 0.226 e. The molecule has 3 aromatic rings. The molecule has 0 spiro atoms. The van der Waals surface area contributed by atoms with Gasteiger partial charge in [-0.3, -0.25) is 9.69 Å². The number of nitrogens with zero attached hydrogens (tertiary/aromatic N) is 2. The Labute approximate surface area is 160 Å². The minimum absolute atomic E-state index is 0.142. The number of rotatable bonds is 6. The zero-order valence-electron chi connectivity index (χ0n) is 15.8. The first-order valence-electron chi connectivity index (χ1n) is 9.70. The Morgan fingerprint density at radius 2 is 1.85 bits per heavy atom. The molecule has 0 N–H and O–H groups in total. The number of hydrogen-bond acceptors (Lipinski definition) is 3. The topological polar surface area (TPSA) is 36.7 Å². The van der Waals surface area contributed by atoms with Crippen LogP contribution in [0.4, 0.5) is 0 Å². The van der Waals surface area contributed by atoms with Crippen LogP contribution in [0.15, 0.2) is 65.3 Å². The number of carbonyl (C=O) groups excluding carboxylic acids is 1. The Morgan fingerprint density at radius 1 is 1.07 bits per heavy atom. The van der Waals surface area contributed by atoms with Crippen LogP contribution in [0.25, 0.3) is 11.0 Å². The lowest BCUT2D eigenvalue weighted by molar-refractivity contribution is -0.129. The Morgan fingerprint density at radius 3 is 2.63 bits per heavy atom. The fraction of sp³-hybridized carbons (Fsp3) is 0.348. The number of hydrogen-bond donors (Lipinski definition) is 0. The molecular formula is C23H26N2O2. The molecule has 1 saturated heterocycles. The first-order chi connectivity index (χ1) is 13.2. The number of amides is 1. The monoisotopic (exact) mass is 362 g/mol. The molecule has 0 bridgehead atoms. The number of fused-ring (bicyclic) bond motifs is 1. The predicted octanol–water partition coefficient (Wildman–Crippen LogP) is 4.27. The first kappa shape index (κ1) is 17.8. The molecule has 1 atom stereocenters. The van der Waals surface area contributed by atoms with Gasteiger partial charge in [0, 0.05) is 19.0 Å².